The molecular formula is C13H27FO. The van der Waals surface area contributed by atoms with Crippen LogP contribution in [0.15, 0.2) is 0 Å². The predicted octanol–water partition coefficient (Wildman–Crippen LogP) is 4.24. The largest absolute Gasteiger partial charge is 0.396 e. The first-order valence-electron chi connectivity index (χ1n) is 6.58. The van der Waals surface area contributed by atoms with Gasteiger partial charge in [0.25, 0.3) is 0 Å². The average Bonchev–Trinajstić information content (AvgIpc) is 2.26. The van der Waals surface area contributed by atoms with E-state index in [2.05, 4.69) is 0 Å². The van der Waals surface area contributed by atoms with Crippen LogP contribution in [0.4, 0.5) is 4.39 Å². The summed E-state index contributed by atoms with van der Waals surface area (Å²) in [6.45, 7) is 0.194. The highest BCUT2D eigenvalue weighted by Crippen LogP contribution is 2.11. The van der Waals surface area contributed by atoms with Crippen molar-refractivity contribution in [2.75, 3.05) is 13.3 Å². The summed E-state index contributed by atoms with van der Waals surface area (Å²) < 4.78 is 11.8. The number of unbranched alkanes of at least 4 members (excludes halogenated alkanes) is 10. The molecule has 0 heterocycles. The monoisotopic (exact) mass is 218 g/mol. The fourth-order valence-electron chi connectivity index (χ4n) is 1.80. The van der Waals surface area contributed by atoms with Gasteiger partial charge in [0.1, 0.15) is 0 Å². The Labute approximate surface area is 94.1 Å². The summed E-state index contributed by atoms with van der Waals surface area (Å²) in [5, 5.41) is 8.58. The first kappa shape index (κ1) is 14.9. The number of hydrogen-bond donors (Lipinski definition) is 1. The second kappa shape index (κ2) is 13.9. The number of alkyl halides is 1. The van der Waals surface area contributed by atoms with Crippen LogP contribution in [0.5, 0.6) is 0 Å². The van der Waals surface area contributed by atoms with E-state index in [1.807, 2.05) is 0 Å². The molecule has 0 unspecified atom stereocenters. The summed E-state index contributed by atoms with van der Waals surface area (Å²) in [6, 6.07) is 0. The molecule has 0 saturated carbocycles. The normalized spacial score (nSPS) is 10.8. The smallest absolute Gasteiger partial charge is 0.0894 e. The first-order valence-corrected chi connectivity index (χ1v) is 6.58. The van der Waals surface area contributed by atoms with Crippen molar-refractivity contribution < 1.29 is 9.50 Å². The van der Waals surface area contributed by atoms with Gasteiger partial charge in [-0.1, -0.05) is 57.8 Å². The molecule has 0 aromatic carbocycles. The molecule has 2 heteroatoms. The fraction of sp³-hybridized carbons (Fsp3) is 1.00. The molecule has 0 amide bonds. The molecule has 0 aromatic heterocycles. The Morgan fingerprint density at radius 1 is 0.533 bits per heavy atom. The third-order valence-electron chi connectivity index (χ3n) is 2.79. The molecule has 0 aliphatic carbocycles. The molecule has 0 rings (SSSR count). The van der Waals surface area contributed by atoms with E-state index in [4.69, 9.17) is 5.11 Å². The van der Waals surface area contributed by atoms with Crippen LogP contribution in [0.25, 0.3) is 0 Å². The van der Waals surface area contributed by atoms with Crippen LogP contribution in [0.1, 0.15) is 70.6 Å². The van der Waals surface area contributed by atoms with Crippen molar-refractivity contribution in [3.63, 3.8) is 0 Å². The van der Waals surface area contributed by atoms with Gasteiger partial charge in [-0.15, -0.1) is 0 Å². The number of halogens is 1. The molecule has 0 aromatic rings. The third-order valence-corrected chi connectivity index (χ3v) is 2.79. The highest BCUT2D eigenvalue weighted by molar-refractivity contribution is 4.48. The van der Waals surface area contributed by atoms with Crippen LogP contribution in [0.2, 0.25) is 0 Å². The number of hydrogen-bond acceptors (Lipinski definition) is 1. The van der Waals surface area contributed by atoms with E-state index >= 15 is 0 Å². The van der Waals surface area contributed by atoms with Gasteiger partial charge in [0.05, 0.1) is 6.67 Å². The minimum absolute atomic E-state index is 0.148. The summed E-state index contributed by atoms with van der Waals surface area (Å²) in [4.78, 5) is 0. The Kier molecular flexibility index (Phi) is 13.8. The number of aliphatic hydroxyl groups is 1. The van der Waals surface area contributed by atoms with Crippen LogP contribution in [-0.2, 0) is 0 Å². The SMILES string of the molecule is OCCCCCCCCCCCCCF. The van der Waals surface area contributed by atoms with E-state index in [1.54, 1.807) is 0 Å². The Bertz CT molecular complexity index is 94.7. The molecule has 0 radical (unpaired) electrons. The maximum atomic E-state index is 11.8. The number of rotatable bonds is 12. The molecule has 0 atom stereocenters. The maximum Gasteiger partial charge on any atom is 0.0894 e. The summed E-state index contributed by atoms with van der Waals surface area (Å²) >= 11 is 0. The molecule has 0 spiro atoms. The van der Waals surface area contributed by atoms with Crippen LogP contribution in [0, 0.1) is 0 Å². The van der Waals surface area contributed by atoms with E-state index < -0.39 is 0 Å². The van der Waals surface area contributed by atoms with Gasteiger partial charge in [-0.2, -0.15) is 0 Å². The van der Waals surface area contributed by atoms with Gasteiger partial charge in [0.15, 0.2) is 0 Å². The van der Waals surface area contributed by atoms with E-state index in [-0.39, 0.29) is 6.67 Å². The van der Waals surface area contributed by atoms with Gasteiger partial charge in [0, 0.05) is 6.61 Å². The van der Waals surface area contributed by atoms with Gasteiger partial charge >= 0.3 is 0 Å². The molecule has 15 heavy (non-hydrogen) atoms. The summed E-state index contributed by atoms with van der Waals surface area (Å²) in [5.41, 5.74) is 0. The highest BCUT2D eigenvalue weighted by atomic mass is 19.1. The maximum absolute atomic E-state index is 11.8. The second-order valence-corrected chi connectivity index (χ2v) is 4.30. The first-order chi connectivity index (χ1) is 7.41. The summed E-state index contributed by atoms with van der Waals surface area (Å²) in [6.07, 6.45) is 13.0. The topological polar surface area (TPSA) is 20.2 Å². The van der Waals surface area contributed by atoms with Crippen molar-refractivity contribution in [1.29, 1.82) is 0 Å². The molecule has 0 aliphatic heterocycles. The Morgan fingerprint density at radius 2 is 0.867 bits per heavy atom. The van der Waals surface area contributed by atoms with Crippen molar-refractivity contribution in [2.45, 2.75) is 70.6 Å². The summed E-state index contributed by atoms with van der Waals surface area (Å²) in [5.74, 6) is 0. The van der Waals surface area contributed by atoms with Crippen LogP contribution in [0.3, 0.4) is 0 Å². The lowest BCUT2D eigenvalue weighted by Gasteiger charge is -2.01. The van der Waals surface area contributed by atoms with Gasteiger partial charge in [0.2, 0.25) is 0 Å². The van der Waals surface area contributed by atoms with Crippen LogP contribution < -0.4 is 0 Å². The molecule has 1 N–H and O–H groups in total. The Morgan fingerprint density at radius 3 is 1.20 bits per heavy atom. The molecule has 92 valence electrons. The van der Waals surface area contributed by atoms with E-state index in [1.165, 1.54) is 51.4 Å². The van der Waals surface area contributed by atoms with Gasteiger partial charge in [-0.25, -0.2) is 0 Å². The predicted molar refractivity (Wildman–Crippen MR) is 63.8 cm³/mol. The molecule has 0 aliphatic rings. The zero-order chi connectivity index (χ0) is 11.2. The van der Waals surface area contributed by atoms with Crippen LogP contribution >= 0.6 is 0 Å². The van der Waals surface area contributed by atoms with Crippen molar-refractivity contribution in [3.8, 4) is 0 Å². The van der Waals surface area contributed by atoms with Gasteiger partial charge in [-0.3, -0.25) is 4.39 Å². The fourth-order valence-corrected chi connectivity index (χ4v) is 1.80. The molecule has 0 bridgehead atoms. The molecule has 1 nitrogen and oxygen atoms in total. The zero-order valence-electron chi connectivity index (χ0n) is 10.0. The Hall–Kier alpha value is -0.110. The number of aliphatic hydroxyl groups excluding tert-OH is 1. The van der Waals surface area contributed by atoms with Crippen molar-refractivity contribution in [3.05, 3.63) is 0 Å². The van der Waals surface area contributed by atoms with E-state index in [0.717, 1.165) is 19.3 Å². The molecule has 0 fully saturated rings. The van der Waals surface area contributed by atoms with Crippen LogP contribution in [-0.4, -0.2) is 18.4 Å². The lowest BCUT2D eigenvalue weighted by molar-refractivity contribution is 0.282. The van der Waals surface area contributed by atoms with E-state index in [9.17, 15) is 4.39 Å². The molecular weight excluding hydrogens is 191 g/mol. The van der Waals surface area contributed by atoms with Gasteiger partial charge < -0.3 is 5.11 Å². The standard InChI is InChI=1S/C13H27FO/c14-12-10-8-6-4-2-1-3-5-7-9-11-13-15/h15H,1-13H2. The minimum Gasteiger partial charge on any atom is -0.396 e. The minimum atomic E-state index is -0.148. The molecule has 0 saturated heterocycles. The Balaban J connectivity index is 2.81. The quantitative estimate of drug-likeness (QED) is 0.486. The lowest BCUT2D eigenvalue weighted by atomic mass is 10.1. The average molecular weight is 218 g/mol. The highest BCUT2D eigenvalue weighted by Gasteiger charge is 1.92. The van der Waals surface area contributed by atoms with Gasteiger partial charge in [-0.05, 0) is 12.8 Å². The van der Waals surface area contributed by atoms with Crippen molar-refractivity contribution >= 4 is 0 Å². The zero-order valence-corrected chi connectivity index (χ0v) is 10.0. The lowest BCUT2D eigenvalue weighted by Crippen LogP contribution is -1.85. The third kappa shape index (κ3) is 13.9. The summed E-state index contributed by atoms with van der Waals surface area (Å²) in [7, 11) is 0. The van der Waals surface area contributed by atoms with E-state index in [0.29, 0.717) is 6.61 Å². The van der Waals surface area contributed by atoms with Crippen molar-refractivity contribution in [2.24, 2.45) is 0 Å². The second-order valence-electron chi connectivity index (χ2n) is 4.30. The van der Waals surface area contributed by atoms with Crippen molar-refractivity contribution in [1.82, 2.24) is 0 Å².